The average molecular weight is 627 g/mol. The van der Waals surface area contributed by atoms with Crippen LogP contribution in [0.15, 0.2) is 54.6 Å². The zero-order chi connectivity index (χ0) is 33.9. The molecular formula is C33H46N4O8. The quantitative estimate of drug-likeness (QED) is 0.244. The number of hydrogen-bond donors (Lipinski definition) is 4. The van der Waals surface area contributed by atoms with Gasteiger partial charge in [0.1, 0.15) is 35.1 Å². The van der Waals surface area contributed by atoms with Gasteiger partial charge in [-0.05, 0) is 59.6 Å². The number of nitrogens with two attached hydrogens (primary N) is 1. The van der Waals surface area contributed by atoms with Gasteiger partial charge in [-0.1, -0.05) is 55.5 Å². The van der Waals surface area contributed by atoms with Crippen LogP contribution in [-0.2, 0) is 35.1 Å². The van der Waals surface area contributed by atoms with E-state index in [2.05, 4.69) is 10.6 Å². The van der Waals surface area contributed by atoms with Crippen LogP contribution in [0.3, 0.4) is 0 Å². The van der Waals surface area contributed by atoms with Crippen LogP contribution in [0.5, 0.6) is 5.75 Å². The summed E-state index contributed by atoms with van der Waals surface area (Å²) in [7, 11) is 0. The number of alkyl carbamates (subject to hydrolysis) is 1. The summed E-state index contributed by atoms with van der Waals surface area (Å²) in [5.74, 6) is -3.46. The number of esters is 1. The second-order valence-corrected chi connectivity index (χ2v) is 12.6. The number of primary amides is 1. The fourth-order valence-electron chi connectivity index (χ4n) is 4.49. The minimum Gasteiger partial charge on any atom is -0.508 e. The Labute approximate surface area is 264 Å². The molecule has 0 fully saturated rings. The molecule has 12 nitrogen and oxygen atoms in total. The number of carbonyl (C=O) groups is 5. The number of ether oxygens (including phenoxy) is 2. The Hall–Kier alpha value is -4.61. The molecule has 2 aromatic rings. The predicted octanol–water partition coefficient (Wildman–Crippen LogP) is 3.51. The van der Waals surface area contributed by atoms with Crippen molar-refractivity contribution in [3.05, 3.63) is 65.7 Å². The minimum absolute atomic E-state index is 0.0215. The lowest BCUT2D eigenvalue weighted by molar-refractivity contribution is -0.159. The van der Waals surface area contributed by atoms with Gasteiger partial charge in [0, 0.05) is 18.5 Å². The van der Waals surface area contributed by atoms with Gasteiger partial charge < -0.3 is 35.8 Å². The number of carbonyl (C=O) groups excluding carboxylic acids is 5. The number of nitrogens with zero attached hydrogens (tertiary/aromatic N) is 1. The molecular weight excluding hydrogens is 580 g/mol. The van der Waals surface area contributed by atoms with Crippen molar-refractivity contribution in [2.45, 2.75) is 97.1 Å². The van der Waals surface area contributed by atoms with E-state index in [1.807, 2.05) is 6.07 Å². The zero-order valence-corrected chi connectivity index (χ0v) is 27.1. The first-order valence-corrected chi connectivity index (χ1v) is 14.8. The van der Waals surface area contributed by atoms with Crippen molar-refractivity contribution in [1.29, 1.82) is 0 Å². The number of para-hydroxylation sites is 1. The maximum Gasteiger partial charge on any atom is 0.408 e. The summed E-state index contributed by atoms with van der Waals surface area (Å²) in [6.07, 6.45) is -1.10. The van der Waals surface area contributed by atoms with Crippen LogP contribution in [0.25, 0.3) is 0 Å². The lowest BCUT2D eigenvalue weighted by Gasteiger charge is -2.35. The molecule has 5 N–H and O–H groups in total. The number of amides is 4. The predicted molar refractivity (Wildman–Crippen MR) is 168 cm³/mol. The Morgan fingerprint density at radius 2 is 1.42 bits per heavy atom. The summed E-state index contributed by atoms with van der Waals surface area (Å²) in [5, 5.41) is 16.0. The van der Waals surface area contributed by atoms with Crippen LogP contribution in [0.4, 0.5) is 4.79 Å². The van der Waals surface area contributed by atoms with E-state index in [0.29, 0.717) is 6.42 Å². The van der Waals surface area contributed by atoms with Crippen molar-refractivity contribution in [2.24, 2.45) is 5.73 Å². The van der Waals surface area contributed by atoms with E-state index in [0.717, 1.165) is 10.5 Å². The average Bonchev–Trinajstić information content (AvgIpc) is 2.91. The summed E-state index contributed by atoms with van der Waals surface area (Å²) < 4.78 is 10.9. The van der Waals surface area contributed by atoms with Crippen LogP contribution in [-0.4, -0.2) is 69.6 Å². The molecule has 0 saturated heterocycles. The highest BCUT2D eigenvalue weighted by Crippen LogP contribution is 2.30. The highest BCUT2D eigenvalue weighted by Gasteiger charge is 2.39. The van der Waals surface area contributed by atoms with Gasteiger partial charge in [0.05, 0.1) is 6.42 Å². The van der Waals surface area contributed by atoms with E-state index >= 15 is 0 Å². The molecule has 2 rings (SSSR count). The summed E-state index contributed by atoms with van der Waals surface area (Å²) in [5.41, 5.74) is 4.49. The van der Waals surface area contributed by atoms with Crippen molar-refractivity contribution in [1.82, 2.24) is 15.5 Å². The zero-order valence-electron chi connectivity index (χ0n) is 27.1. The number of hydrogen-bond acceptors (Lipinski definition) is 8. The Morgan fingerprint density at radius 3 is 1.96 bits per heavy atom. The van der Waals surface area contributed by atoms with Crippen molar-refractivity contribution < 1.29 is 38.6 Å². The fourth-order valence-corrected chi connectivity index (χ4v) is 4.49. The van der Waals surface area contributed by atoms with Crippen LogP contribution < -0.4 is 16.4 Å². The SMILES string of the molecule is CCCN(C(=O)C(CC(N)=O)NC(=O)OC(C)(C)C)C(C(=O)NC(Cc1ccccc1)C(=O)OC(C)(C)C)c1ccccc1O. The highest BCUT2D eigenvalue weighted by molar-refractivity contribution is 5.96. The van der Waals surface area contributed by atoms with Crippen LogP contribution in [0, 0.1) is 0 Å². The molecule has 3 unspecified atom stereocenters. The van der Waals surface area contributed by atoms with Gasteiger partial charge in [0.2, 0.25) is 17.7 Å². The lowest BCUT2D eigenvalue weighted by Crippen LogP contribution is -2.55. The summed E-state index contributed by atoms with van der Waals surface area (Å²) >= 11 is 0. The number of phenols is 1. The second kappa shape index (κ2) is 15.9. The Bertz CT molecular complexity index is 1330. The Kier molecular flexibility index (Phi) is 12.9. The molecule has 0 aliphatic heterocycles. The second-order valence-electron chi connectivity index (χ2n) is 12.6. The minimum atomic E-state index is -1.49. The van der Waals surface area contributed by atoms with Crippen molar-refractivity contribution in [3.8, 4) is 5.75 Å². The third-order valence-electron chi connectivity index (χ3n) is 6.22. The summed E-state index contributed by atoms with van der Waals surface area (Å²) in [6, 6.07) is 10.9. The first kappa shape index (κ1) is 36.6. The number of nitrogens with one attached hydrogen (secondary N) is 2. The summed E-state index contributed by atoms with van der Waals surface area (Å²) in [6.45, 7) is 11.8. The van der Waals surface area contributed by atoms with Crippen LogP contribution >= 0.6 is 0 Å². The van der Waals surface area contributed by atoms with E-state index in [-0.39, 0.29) is 24.3 Å². The third kappa shape index (κ3) is 12.1. The van der Waals surface area contributed by atoms with Crippen molar-refractivity contribution in [3.63, 3.8) is 0 Å². The first-order chi connectivity index (χ1) is 20.9. The van der Waals surface area contributed by atoms with Gasteiger partial charge >= 0.3 is 12.1 Å². The van der Waals surface area contributed by atoms with Gasteiger partial charge in [-0.3, -0.25) is 14.4 Å². The van der Waals surface area contributed by atoms with Crippen molar-refractivity contribution >= 4 is 29.8 Å². The normalized spacial score (nSPS) is 13.5. The highest BCUT2D eigenvalue weighted by atomic mass is 16.6. The Balaban J connectivity index is 2.59. The molecule has 12 heteroatoms. The topological polar surface area (TPSA) is 177 Å². The van der Waals surface area contributed by atoms with E-state index in [9.17, 15) is 29.1 Å². The number of aromatic hydroxyl groups is 1. The van der Waals surface area contributed by atoms with Gasteiger partial charge in [0.15, 0.2) is 0 Å². The molecule has 0 saturated carbocycles. The molecule has 246 valence electrons. The Morgan fingerprint density at radius 1 is 0.844 bits per heavy atom. The largest absolute Gasteiger partial charge is 0.508 e. The molecule has 2 aromatic carbocycles. The van der Waals surface area contributed by atoms with E-state index < -0.39 is 65.5 Å². The van der Waals surface area contributed by atoms with Gasteiger partial charge in [-0.2, -0.15) is 0 Å². The number of phenolic OH excluding ortho intramolecular Hbond substituents is 1. The lowest BCUT2D eigenvalue weighted by atomic mass is 9.99. The molecule has 0 aromatic heterocycles. The molecule has 0 aliphatic carbocycles. The van der Waals surface area contributed by atoms with Gasteiger partial charge in [0.25, 0.3) is 0 Å². The molecule has 0 radical (unpaired) electrons. The number of rotatable bonds is 13. The van der Waals surface area contributed by atoms with Crippen molar-refractivity contribution in [2.75, 3.05) is 6.54 Å². The van der Waals surface area contributed by atoms with Gasteiger partial charge in [-0.25, -0.2) is 9.59 Å². The van der Waals surface area contributed by atoms with E-state index in [4.69, 9.17) is 15.2 Å². The smallest absolute Gasteiger partial charge is 0.408 e. The summed E-state index contributed by atoms with van der Waals surface area (Å²) in [4.78, 5) is 67.4. The number of benzene rings is 2. The van der Waals surface area contributed by atoms with E-state index in [1.54, 1.807) is 84.9 Å². The molecule has 0 spiro atoms. The fraction of sp³-hybridized carbons (Fsp3) is 0.485. The monoisotopic (exact) mass is 626 g/mol. The molecule has 4 amide bonds. The van der Waals surface area contributed by atoms with E-state index in [1.165, 1.54) is 12.1 Å². The maximum atomic E-state index is 14.2. The first-order valence-electron chi connectivity index (χ1n) is 14.8. The molecule has 0 bridgehead atoms. The molecule has 3 atom stereocenters. The third-order valence-corrected chi connectivity index (χ3v) is 6.22. The maximum absolute atomic E-state index is 14.2. The van der Waals surface area contributed by atoms with Crippen LogP contribution in [0.2, 0.25) is 0 Å². The standard InChI is InChI=1S/C33H46N4O8/c1-8-18-37(29(41)23(20-26(34)39)36-31(43)45-33(5,6)7)27(22-16-12-13-17-25(22)38)28(40)35-24(30(42)44-32(2,3)4)19-21-14-10-9-11-15-21/h9-17,23-24,27,38H,8,18-20H2,1-7H3,(H2,34,39)(H,35,40)(H,36,43). The molecule has 0 aliphatic rings. The van der Waals surface area contributed by atoms with Crippen LogP contribution in [0.1, 0.15) is 78.5 Å². The van der Waals surface area contributed by atoms with Gasteiger partial charge in [-0.15, -0.1) is 0 Å². The molecule has 45 heavy (non-hydrogen) atoms. The molecule has 0 heterocycles.